The molecule has 0 saturated carbocycles. The Hall–Kier alpha value is -1.97. The normalized spacial score (nSPS) is 12.8. The summed E-state index contributed by atoms with van der Waals surface area (Å²) in [5, 5.41) is 24.4. The Balaban J connectivity index is 3.32. The maximum Gasteiger partial charge on any atom is 0.405 e. The molecule has 0 fully saturated rings. The predicted molar refractivity (Wildman–Crippen MR) is 65.8 cm³/mol. The lowest BCUT2D eigenvalue weighted by Gasteiger charge is -2.26. The molecule has 0 spiro atoms. The van der Waals surface area contributed by atoms with Crippen LogP contribution in [0.2, 0.25) is 0 Å². The van der Waals surface area contributed by atoms with Gasteiger partial charge in [-0.05, 0) is 6.92 Å². The van der Waals surface area contributed by atoms with E-state index < -0.39 is 19.3 Å². The topological polar surface area (TPSA) is 99.9 Å². The van der Waals surface area contributed by atoms with E-state index in [1.54, 1.807) is 0 Å². The minimum absolute atomic E-state index is 0.0316. The number of amidine groups is 1. The van der Waals surface area contributed by atoms with Crippen molar-refractivity contribution in [3.05, 3.63) is 11.3 Å². The molecular formula is C10H16F3N5O2. The minimum atomic E-state index is -4.46. The van der Waals surface area contributed by atoms with Crippen molar-refractivity contribution in [3.8, 4) is 0 Å². The van der Waals surface area contributed by atoms with Crippen LogP contribution in [0.25, 0.3) is 0 Å². The van der Waals surface area contributed by atoms with E-state index in [1.165, 1.54) is 18.7 Å². The first-order chi connectivity index (χ1) is 9.21. The van der Waals surface area contributed by atoms with Crippen LogP contribution in [0, 0.1) is 6.92 Å². The summed E-state index contributed by atoms with van der Waals surface area (Å²) in [4.78, 5) is 0.882. The van der Waals surface area contributed by atoms with Crippen LogP contribution in [0.15, 0.2) is 5.16 Å². The lowest BCUT2D eigenvalue weighted by atomic mass is 10.2. The zero-order valence-electron chi connectivity index (χ0n) is 11.0. The number of hydrogen-bond donors (Lipinski definition) is 3. The second-order valence-electron chi connectivity index (χ2n) is 4.15. The van der Waals surface area contributed by atoms with Gasteiger partial charge in [0.1, 0.15) is 12.4 Å². The molecule has 1 rings (SSSR count). The largest absolute Gasteiger partial charge is 0.409 e. The lowest BCUT2D eigenvalue weighted by Crippen LogP contribution is -2.38. The van der Waals surface area contributed by atoms with E-state index in [0.29, 0.717) is 5.69 Å². The van der Waals surface area contributed by atoms with Crippen molar-refractivity contribution in [2.75, 3.05) is 24.6 Å². The lowest BCUT2D eigenvalue weighted by molar-refractivity contribution is -0.120. The highest BCUT2D eigenvalue weighted by atomic mass is 19.4. The highest BCUT2D eigenvalue weighted by Crippen LogP contribution is 2.26. The van der Waals surface area contributed by atoms with Gasteiger partial charge in [0.05, 0.1) is 17.9 Å². The van der Waals surface area contributed by atoms with Gasteiger partial charge in [-0.2, -0.15) is 18.3 Å². The second-order valence-corrected chi connectivity index (χ2v) is 4.15. The van der Waals surface area contributed by atoms with Crippen molar-refractivity contribution in [2.24, 2.45) is 17.9 Å². The molecule has 1 heterocycles. The number of hydrogen-bond acceptors (Lipinski definition) is 5. The van der Waals surface area contributed by atoms with Gasteiger partial charge in [-0.25, -0.2) is 0 Å². The van der Waals surface area contributed by atoms with Crippen LogP contribution >= 0.6 is 0 Å². The quantitative estimate of drug-likeness (QED) is 0.311. The Bertz CT molecular complexity index is 498. The average Bonchev–Trinajstić information content (AvgIpc) is 2.61. The number of alkyl halides is 3. The minimum Gasteiger partial charge on any atom is -0.409 e. The number of nitrogens with zero attached hydrogens (tertiary/aromatic N) is 4. The maximum atomic E-state index is 12.6. The number of nitrogens with two attached hydrogens (primary N) is 1. The van der Waals surface area contributed by atoms with E-state index in [2.05, 4.69) is 10.3 Å². The van der Waals surface area contributed by atoms with Crippen molar-refractivity contribution < 1.29 is 23.5 Å². The Morgan fingerprint density at radius 2 is 2.10 bits per heavy atom. The van der Waals surface area contributed by atoms with Gasteiger partial charge < -0.3 is 20.9 Å². The standard InChI is InChI=1S/C10H16F3N5O2/c1-6-7(8(14)16-20)9(17(2)15-6)18(3-4-19)5-10(11,12)13/h19-20H,3-5H2,1-2H3,(H2,14,16). The molecule has 10 heteroatoms. The van der Waals surface area contributed by atoms with Crippen LogP contribution in [0.1, 0.15) is 11.3 Å². The second kappa shape index (κ2) is 5.99. The molecule has 0 aromatic carbocycles. The van der Waals surface area contributed by atoms with Gasteiger partial charge in [0.15, 0.2) is 5.84 Å². The molecule has 7 nitrogen and oxygen atoms in total. The monoisotopic (exact) mass is 295 g/mol. The fraction of sp³-hybridized carbons (Fsp3) is 0.600. The molecule has 0 atom stereocenters. The van der Waals surface area contributed by atoms with Crippen molar-refractivity contribution >= 4 is 11.7 Å². The summed E-state index contributed by atoms with van der Waals surface area (Å²) in [5.41, 5.74) is 5.91. The zero-order chi connectivity index (χ0) is 15.5. The van der Waals surface area contributed by atoms with Crippen molar-refractivity contribution in [1.29, 1.82) is 0 Å². The molecule has 1 aromatic rings. The molecule has 0 bridgehead atoms. The van der Waals surface area contributed by atoms with Crippen molar-refractivity contribution in [2.45, 2.75) is 13.1 Å². The molecule has 0 aliphatic heterocycles. The van der Waals surface area contributed by atoms with Gasteiger partial charge in [-0.3, -0.25) is 4.68 Å². The summed E-state index contributed by atoms with van der Waals surface area (Å²) in [5.74, 6) is -0.306. The van der Waals surface area contributed by atoms with Gasteiger partial charge in [0.25, 0.3) is 0 Å². The number of aromatic nitrogens is 2. The molecule has 0 aliphatic rings. The summed E-state index contributed by atoms with van der Waals surface area (Å²) < 4.78 is 39.0. The summed E-state index contributed by atoms with van der Waals surface area (Å²) in [6.45, 7) is -0.486. The highest BCUT2D eigenvalue weighted by Gasteiger charge is 2.33. The third-order valence-electron chi connectivity index (χ3n) is 2.60. The van der Waals surface area contributed by atoms with Gasteiger partial charge in [-0.15, -0.1) is 0 Å². The number of aliphatic hydroxyl groups excluding tert-OH is 1. The Labute approximate surface area is 113 Å². The highest BCUT2D eigenvalue weighted by molar-refractivity contribution is 6.02. The van der Waals surface area contributed by atoms with Gasteiger partial charge >= 0.3 is 6.18 Å². The molecule has 4 N–H and O–H groups in total. The van der Waals surface area contributed by atoms with Gasteiger partial charge in [0.2, 0.25) is 0 Å². The molecular weight excluding hydrogens is 279 g/mol. The summed E-state index contributed by atoms with van der Waals surface area (Å²) in [6, 6.07) is 0. The Kier molecular flexibility index (Phi) is 4.82. The summed E-state index contributed by atoms with van der Waals surface area (Å²) >= 11 is 0. The van der Waals surface area contributed by atoms with E-state index in [0.717, 1.165) is 4.90 Å². The number of aliphatic hydroxyl groups is 1. The SMILES string of the molecule is Cc1nn(C)c(N(CCO)CC(F)(F)F)c1C(N)=NO. The Morgan fingerprint density at radius 1 is 1.50 bits per heavy atom. The average molecular weight is 295 g/mol. The first kappa shape index (κ1) is 16.1. The smallest absolute Gasteiger partial charge is 0.405 e. The number of halogens is 3. The van der Waals surface area contributed by atoms with E-state index in [-0.39, 0.29) is 23.8 Å². The first-order valence-electron chi connectivity index (χ1n) is 5.65. The van der Waals surface area contributed by atoms with Crippen LogP contribution in [-0.4, -0.2) is 51.8 Å². The molecule has 0 aliphatic carbocycles. The number of oxime groups is 1. The molecule has 114 valence electrons. The van der Waals surface area contributed by atoms with E-state index in [9.17, 15) is 13.2 Å². The van der Waals surface area contributed by atoms with Crippen LogP contribution < -0.4 is 10.6 Å². The molecule has 0 amide bonds. The predicted octanol–water partition coefficient (Wildman–Crippen LogP) is 0.184. The molecule has 20 heavy (non-hydrogen) atoms. The Morgan fingerprint density at radius 3 is 2.55 bits per heavy atom. The molecule has 0 unspecified atom stereocenters. The third kappa shape index (κ3) is 3.53. The van der Waals surface area contributed by atoms with Crippen molar-refractivity contribution in [3.63, 3.8) is 0 Å². The van der Waals surface area contributed by atoms with E-state index in [4.69, 9.17) is 16.0 Å². The summed E-state index contributed by atoms with van der Waals surface area (Å²) in [7, 11) is 1.44. The molecule has 0 radical (unpaired) electrons. The third-order valence-corrected chi connectivity index (χ3v) is 2.60. The van der Waals surface area contributed by atoms with Crippen LogP contribution in [0.3, 0.4) is 0 Å². The maximum absolute atomic E-state index is 12.6. The number of rotatable bonds is 5. The van der Waals surface area contributed by atoms with Crippen LogP contribution in [0.5, 0.6) is 0 Å². The number of anilines is 1. The van der Waals surface area contributed by atoms with Gasteiger partial charge in [-0.1, -0.05) is 5.16 Å². The zero-order valence-corrected chi connectivity index (χ0v) is 11.0. The fourth-order valence-electron chi connectivity index (χ4n) is 1.96. The first-order valence-corrected chi connectivity index (χ1v) is 5.65. The molecule has 0 saturated heterocycles. The summed E-state index contributed by atoms with van der Waals surface area (Å²) in [6.07, 6.45) is -4.46. The molecule has 1 aromatic heterocycles. The van der Waals surface area contributed by atoms with Crippen LogP contribution in [-0.2, 0) is 7.05 Å². The van der Waals surface area contributed by atoms with E-state index in [1.807, 2.05) is 0 Å². The fourth-order valence-corrected chi connectivity index (χ4v) is 1.96. The van der Waals surface area contributed by atoms with Crippen LogP contribution in [0.4, 0.5) is 19.0 Å². The van der Waals surface area contributed by atoms with Crippen molar-refractivity contribution in [1.82, 2.24) is 9.78 Å². The number of aryl methyl sites for hydroxylation is 2. The van der Waals surface area contributed by atoms with Gasteiger partial charge in [0, 0.05) is 13.6 Å². The van der Waals surface area contributed by atoms with E-state index >= 15 is 0 Å².